The lowest BCUT2D eigenvalue weighted by atomic mass is 10.0. The maximum absolute atomic E-state index is 12.7. The highest BCUT2D eigenvalue weighted by molar-refractivity contribution is 6.30. The summed E-state index contributed by atoms with van der Waals surface area (Å²) in [5.41, 5.74) is 3.21. The van der Waals surface area contributed by atoms with E-state index in [9.17, 15) is 4.79 Å². The Morgan fingerprint density at radius 1 is 1.23 bits per heavy atom. The van der Waals surface area contributed by atoms with Crippen LogP contribution in [0.3, 0.4) is 0 Å². The molecule has 5 nitrogen and oxygen atoms in total. The van der Waals surface area contributed by atoms with Crippen molar-refractivity contribution in [3.8, 4) is 17.0 Å². The van der Waals surface area contributed by atoms with Crippen molar-refractivity contribution in [2.75, 3.05) is 6.61 Å². The zero-order valence-corrected chi connectivity index (χ0v) is 15.0. The van der Waals surface area contributed by atoms with Crippen molar-refractivity contribution in [2.45, 2.75) is 12.5 Å². The first-order chi connectivity index (χ1) is 12.6. The Morgan fingerprint density at radius 3 is 2.81 bits per heavy atom. The zero-order chi connectivity index (χ0) is 18.1. The molecule has 2 aromatic carbocycles. The molecule has 132 valence electrons. The number of aromatic nitrogens is 2. The lowest BCUT2D eigenvalue weighted by Gasteiger charge is -2.26. The zero-order valence-electron chi connectivity index (χ0n) is 14.3. The minimum atomic E-state index is -0.192. The molecule has 6 heteroatoms. The van der Waals surface area contributed by atoms with E-state index < -0.39 is 0 Å². The van der Waals surface area contributed by atoms with Gasteiger partial charge in [-0.1, -0.05) is 41.9 Å². The fourth-order valence-corrected chi connectivity index (χ4v) is 3.32. The fourth-order valence-electron chi connectivity index (χ4n) is 3.19. The van der Waals surface area contributed by atoms with Gasteiger partial charge in [-0.15, -0.1) is 0 Å². The summed E-state index contributed by atoms with van der Waals surface area (Å²) in [7, 11) is 1.82. The van der Waals surface area contributed by atoms with Crippen LogP contribution in [0.25, 0.3) is 11.3 Å². The Hall–Kier alpha value is -2.79. The highest BCUT2D eigenvalue weighted by atomic mass is 35.5. The maximum atomic E-state index is 12.7. The molecule has 1 aliphatic rings. The van der Waals surface area contributed by atoms with Gasteiger partial charge in [0.15, 0.2) is 5.69 Å². The summed E-state index contributed by atoms with van der Waals surface area (Å²) < 4.78 is 7.35. The summed E-state index contributed by atoms with van der Waals surface area (Å²) in [6.45, 7) is 0.584. The normalized spacial score (nSPS) is 15.8. The van der Waals surface area contributed by atoms with Crippen molar-refractivity contribution in [2.24, 2.45) is 7.05 Å². The lowest BCUT2D eigenvalue weighted by Crippen LogP contribution is -2.32. The van der Waals surface area contributed by atoms with E-state index in [-0.39, 0.29) is 11.9 Å². The largest absolute Gasteiger partial charge is 0.493 e. The topological polar surface area (TPSA) is 56.2 Å². The van der Waals surface area contributed by atoms with Crippen LogP contribution in [0.15, 0.2) is 54.6 Å². The standard InChI is InChI=1S/C20H18ClN3O2/c1-24-18(13-6-8-14(21)9-7-13)12-17(23-24)20(25)22-16-10-11-26-19-5-3-2-4-15(16)19/h2-9,12,16H,10-11H2,1H3,(H,22,25)/t16-/m1/s1. The van der Waals surface area contributed by atoms with Gasteiger partial charge in [-0.05, 0) is 29.8 Å². The van der Waals surface area contributed by atoms with E-state index in [4.69, 9.17) is 16.3 Å². The molecule has 1 aliphatic heterocycles. The maximum Gasteiger partial charge on any atom is 0.272 e. The summed E-state index contributed by atoms with van der Waals surface area (Å²) in [6, 6.07) is 17.0. The Balaban J connectivity index is 1.56. The number of rotatable bonds is 3. The van der Waals surface area contributed by atoms with E-state index in [1.165, 1.54) is 0 Å². The number of halogens is 1. The average Bonchev–Trinajstić information content (AvgIpc) is 3.05. The van der Waals surface area contributed by atoms with Gasteiger partial charge in [0.2, 0.25) is 0 Å². The molecule has 0 radical (unpaired) electrons. The monoisotopic (exact) mass is 367 g/mol. The van der Waals surface area contributed by atoms with Gasteiger partial charge in [0.1, 0.15) is 5.75 Å². The van der Waals surface area contributed by atoms with Gasteiger partial charge in [0, 0.05) is 24.1 Å². The first-order valence-electron chi connectivity index (χ1n) is 8.44. The minimum Gasteiger partial charge on any atom is -0.493 e. The SMILES string of the molecule is Cn1nc(C(=O)N[C@@H]2CCOc3ccccc32)cc1-c1ccc(Cl)cc1. The number of carbonyl (C=O) groups excluding carboxylic acids is 1. The van der Waals surface area contributed by atoms with Gasteiger partial charge in [-0.3, -0.25) is 9.48 Å². The molecule has 0 fully saturated rings. The third-order valence-corrected chi connectivity index (χ3v) is 4.77. The molecule has 3 aromatic rings. The second kappa shape index (κ2) is 6.84. The Bertz CT molecular complexity index is 950. The van der Waals surface area contributed by atoms with Crippen LogP contribution in [0.5, 0.6) is 5.75 Å². The Kier molecular flexibility index (Phi) is 4.39. The van der Waals surface area contributed by atoms with Gasteiger partial charge in [-0.2, -0.15) is 5.10 Å². The number of nitrogens with zero attached hydrogens (tertiary/aromatic N) is 2. The number of aryl methyl sites for hydroxylation is 1. The van der Waals surface area contributed by atoms with Gasteiger partial charge < -0.3 is 10.1 Å². The third kappa shape index (κ3) is 3.18. The van der Waals surface area contributed by atoms with Crippen LogP contribution in [0.1, 0.15) is 28.5 Å². The number of amides is 1. The number of nitrogens with one attached hydrogen (secondary N) is 1. The third-order valence-electron chi connectivity index (χ3n) is 4.52. The number of hydrogen-bond donors (Lipinski definition) is 1. The van der Waals surface area contributed by atoms with Crippen LogP contribution in [0, 0.1) is 0 Å². The number of benzene rings is 2. The smallest absolute Gasteiger partial charge is 0.272 e. The van der Waals surface area contributed by atoms with Crippen LogP contribution >= 0.6 is 11.6 Å². The number of carbonyl (C=O) groups is 1. The molecule has 0 aliphatic carbocycles. The highest BCUT2D eigenvalue weighted by Gasteiger charge is 2.24. The number of fused-ring (bicyclic) bond motifs is 1. The highest BCUT2D eigenvalue weighted by Crippen LogP contribution is 2.31. The predicted molar refractivity (Wildman–Crippen MR) is 100 cm³/mol. The van der Waals surface area contributed by atoms with Gasteiger partial charge in [-0.25, -0.2) is 0 Å². The Morgan fingerprint density at radius 2 is 2.00 bits per heavy atom. The molecule has 26 heavy (non-hydrogen) atoms. The van der Waals surface area contributed by atoms with E-state index in [0.29, 0.717) is 17.3 Å². The van der Waals surface area contributed by atoms with Crippen LogP contribution in [-0.2, 0) is 7.05 Å². The molecule has 1 amide bonds. The van der Waals surface area contributed by atoms with Crippen molar-refractivity contribution in [1.82, 2.24) is 15.1 Å². The summed E-state index contributed by atoms with van der Waals surface area (Å²) in [6.07, 6.45) is 0.736. The van der Waals surface area contributed by atoms with Crippen molar-refractivity contribution >= 4 is 17.5 Å². The van der Waals surface area contributed by atoms with E-state index in [0.717, 1.165) is 29.0 Å². The number of para-hydroxylation sites is 1. The molecule has 1 aromatic heterocycles. The molecule has 1 N–H and O–H groups in total. The first kappa shape index (κ1) is 16.7. The first-order valence-corrected chi connectivity index (χ1v) is 8.82. The lowest BCUT2D eigenvalue weighted by molar-refractivity contribution is 0.0919. The van der Waals surface area contributed by atoms with E-state index in [2.05, 4.69) is 10.4 Å². The summed E-state index contributed by atoms with van der Waals surface area (Å²) in [5.74, 6) is 0.634. The Labute approximate surface area is 156 Å². The summed E-state index contributed by atoms with van der Waals surface area (Å²) in [5, 5.41) is 8.12. The van der Waals surface area contributed by atoms with Crippen LogP contribution in [-0.4, -0.2) is 22.3 Å². The van der Waals surface area contributed by atoms with Gasteiger partial charge in [0.25, 0.3) is 5.91 Å². The van der Waals surface area contributed by atoms with E-state index >= 15 is 0 Å². The van der Waals surface area contributed by atoms with Crippen molar-refractivity contribution in [3.05, 3.63) is 70.9 Å². The number of hydrogen-bond acceptors (Lipinski definition) is 3. The minimum absolute atomic E-state index is 0.0755. The molecular weight excluding hydrogens is 350 g/mol. The molecule has 4 rings (SSSR count). The van der Waals surface area contributed by atoms with Gasteiger partial charge in [0.05, 0.1) is 18.3 Å². The van der Waals surface area contributed by atoms with Crippen molar-refractivity contribution in [3.63, 3.8) is 0 Å². The number of ether oxygens (including phenoxy) is 1. The molecule has 0 saturated carbocycles. The van der Waals surface area contributed by atoms with Gasteiger partial charge >= 0.3 is 0 Å². The molecule has 2 heterocycles. The molecule has 0 saturated heterocycles. The predicted octanol–water partition coefficient (Wildman–Crippen LogP) is 3.99. The molecule has 1 atom stereocenters. The van der Waals surface area contributed by atoms with E-state index in [1.54, 1.807) is 10.7 Å². The molecular formula is C20H18ClN3O2. The van der Waals surface area contributed by atoms with Crippen molar-refractivity contribution in [1.29, 1.82) is 0 Å². The molecule has 0 bridgehead atoms. The molecule has 0 unspecified atom stereocenters. The van der Waals surface area contributed by atoms with Crippen LogP contribution in [0.4, 0.5) is 0 Å². The van der Waals surface area contributed by atoms with Crippen molar-refractivity contribution < 1.29 is 9.53 Å². The summed E-state index contributed by atoms with van der Waals surface area (Å²) in [4.78, 5) is 12.7. The van der Waals surface area contributed by atoms with Crippen LogP contribution < -0.4 is 10.1 Å². The average molecular weight is 368 g/mol. The summed E-state index contributed by atoms with van der Waals surface area (Å²) >= 11 is 5.95. The van der Waals surface area contributed by atoms with Crippen LogP contribution in [0.2, 0.25) is 5.02 Å². The quantitative estimate of drug-likeness (QED) is 0.761. The second-order valence-electron chi connectivity index (χ2n) is 6.25. The molecule has 0 spiro atoms. The fraction of sp³-hybridized carbons (Fsp3) is 0.200. The van der Waals surface area contributed by atoms with E-state index in [1.807, 2.05) is 55.6 Å². The second-order valence-corrected chi connectivity index (χ2v) is 6.68.